The van der Waals surface area contributed by atoms with Crippen molar-refractivity contribution in [3.05, 3.63) is 33.3 Å². The van der Waals surface area contributed by atoms with Gasteiger partial charge in [0.25, 0.3) is 5.91 Å². The van der Waals surface area contributed by atoms with E-state index in [1.807, 2.05) is 11.0 Å². The molecule has 1 heterocycles. The average Bonchev–Trinajstić information content (AvgIpc) is 2.37. The van der Waals surface area contributed by atoms with Crippen molar-refractivity contribution in [2.75, 3.05) is 13.1 Å². The van der Waals surface area contributed by atoms with Crippen LogP contribution >= 0.6 is 39.9 Å². The molecular weight excluding hydrogens is 363 g/mol. The molecule has 0 spiro atoms. The molecule has 1 aromatic carbocycles. The van der Waals surface area contributed by atoms with Crippen LogP contribution in [0.3, 0.4) is 0 Å². The number of likely N-dealkylation sites (tertiary alicyclic amines) is 1. The number of carbonyl (C=O) groups is 1. The predicted octanol–water partition coefficient (Wildman–Crippen LogP) is 3.72. The zero-order valence-corrected chi connectivity index (χ0v) is 14.5. The van der Waals surface area contributed by atoms with Crippen molar-refractivity contribution in [3.63, 3.8) is 0 Å². The molecule has 1 fully saturated rings. The van der Waals surface area contributed by atoms with Gasteiger partial charge in [0.15, 0.2) is 0 Å². The molecule has 0 bridgehead atoms. The second kappa shape index (κ2) is 7.64. The quantitative estimate of drug-likeness (QED) is 0.848. The van der Waals surface area contributed by atoms with E-state index in [4.69, 9.17) is 17.3 Å². The van der Waals surface area contributed by atoms with Crippen LogP contribution in [-0.2, 0) is 0 Å². The zero-order valence-electron chi connectivity index (χ0n) is 11.3. The largest absolute Gasteiger partial charge is 0.334 e. The average molecular weight is 382 g/mol. The van der Waals surface area contributed by atoms with Crippen LogP contribution in [0.2, 0.25) is 5.02 Å². The van der Waals surface area contributed by atoms with Crippen molar-refractivity contribution < 1.29 is 4.79 Å². The smallest absolute Gasteiger partial charge is 0.255 e. The molecule has 0 aromatic heterocycles. The molecule has 1 saturated heterocycles. The van der Waals surface area contributed by atoms with Gasteiger partial charge in [0.05, 0.1) is 10.6 Å². The maximum absolute atomic E-state index is 12.6. The first-order chi connectivity index (χ1) is 9.04. The molecule has 3 nitrogen and oxygen atoms in total. The molecule has 2 N–H and O–H groups in total. The van der Waals surface area contributed by atoms with E-state index in [0.29, 0.717) is 23.0 Å². The number of nitrogens with two attached hydrogens (primary N) is 1. The molecule has 1 amide bonds. The van der Waals surface area contributed by atoms with E-state index >= 15 is 0 Å². The Morgan fingerprint density at radius 1 is 1.55 bits per heavy atom. The summed E-state index contributed by atoms with van der Waals surface area (Å²) < 4.78 is 0.872. The Hall–Kier alpha value is -0.290. The second-order valence-electron chi connectivity index (χ2n) is 5.05. The minimum Gasteiger partial charge on any atom is -0.334 e. The standard InChI is InChI=1S/C14H18BrClN2O.ClH/c1-9-3-2-6-18(13(9)8-17)14(19)11-5-4-10(15)7-12(11)16;/h4-5,7,9,13H,2-3,6,8,17H2,1H3;1H. The zero-order chi connectivity index (χ0) is 14.0. The van der Waals surface area contributed by atoms with Gasteiger partial charge in [-0.05, 0) is 37.0 Å². The van der Waals surface area contributed by atoms with Crippen molar-refractivity contribution in [2.24, 2.45) is 11.7 Å². The summed E-state index contributed by atoms with van der Waals surface area (Å²) in [6, 6.07) is 5.46. The van der Waals surface area contributed by atoms with Gasteiger partial charge in [0.2, 0.25) is 0 Å². The Balaban J connectivity index is 0.00000200. The van der Waals surface area contributed by atoms with Crippen molar-refractivity contribution in [1.29, 1.82) is 0 Å². The Morgan fingerprint density at radius 3 is 2.85 bits per heavy atom. The van der Waals surface area contributed by atoms with E-state index in [-0.39, 0.29) is 24.4 Å². The normalized spacial score (nSPS) is 22.3. The number of hydrogen-bond acceptors (Lipinski definition) is 2. The van der Waals surface area contributed by atoms with Crippen molar-refractivity contribution in [3.8, 4) is 0 Å². The summed E-state index contributed by atoms with van der Waals surface area (Å²) in [7, 11) is 0. The van der Waals surface area contributed by atoms with Gasteiger partial charge in [-0.1, -0.05) is 34.5 Å². The molecule has 2 rings (SSSR count). The summed E-state index contributed by atoms with van der Waals surface area (Å²) in [6.45, 7) is 3.42. The monoisotopic (exact) mass is 380 g/mol. The van der Waals surface area contributed by atoms with Crippen LogP contribution in [-0.4, -0.2) is 29.9 Å². The lowest BCUT2D eigenvalue weighted by Crippen LogP contribution is -2.51. The number of benzene rings is 1. The molecule has 20 heavy (non-hydrogen) atoms. The molecule has 0 aliphatic carbocycles. The lowest BCUT2D eigenvalue weighted by atomic mass is 9.90. The van der Waals surface area contributed by atoms with E-state index in [1.165, 1.54) is 0 Å². The van der Waals surface area contributed by atoms with E-state index in [2.05, 4.69) is 22.9 Å². The lowest BCUT2D eigenvalue weighted by Gasteiger charge is -2.39. The topological polar surface area (TPSA) is 46.3 Å². The minimum absolute atomic E-state index is 0. The summed E-state index contributed by atoms with van der Waals surface area (Å²) in [5, 5.41) is 0.480. The fourth-order valence-corrected chi connectivity index (χ4v) is 3.43. The van der Waals surface area contributed by atoms with Crippen LogP contribution < -0.4 is 5.73 Å². The van der Waals surface area contributed by atoms with Gasteiger partial charge in [-0.3, -0.25) is 4.79 Å². The highest BCUT2D eigenvalue weighted by molar-refractivity contribution is 9.10. The van der Waals surface area contributed by atoms with E-state index in [1.54, 1.807) is 12.1 Å². The third-order valence-corrected chi connectivity index (χ3v) is 4.59. The van der Waals surface area contributed by atoms with Crippen molar-refractivity contribution in [1.82, 2.24) is 4.90 Å². The van der Waals surface area contributed by atoms with Gasteiger partial charge in [0, 0.05) is 23.6 Å². The first kappa shape index (κ1) is 17.8. The molecule has 2 atom stereocenters. The summed E-state index contributed by atoms with van der Waals surface area (Å²) in [4.78, 5) is 14.5. The molecule has 1 aliphatic heterocycles. The van der Waals surface area contributed by atoms with Gasteiger partial charge >= 0.3 is 0 Å². The van der Waals surface area contributed by atoms with E-state index in [9.17, 15) is 4.79 Å². The van der Waals surface area contributed by atoms with Gasteiger partial charge in [-0.25, -0.2) is 0 Å². The SMILES string of the molecule is CC1CCCN(C(=O)c2ccc(Br)cc2Cl)C1CN.Cl. The predicted molar refractivity (Wildman–Crippen MR) is 88.7 cm³/mol. The van der Waals surface area contributed by atoms with Gasteiger partial charge in [0.1, 0.15) is 0 Å². The molecule has 2 unspecified atom stereocenters. The number of halogens is 3. The van der Waals surface area contributed by atoms with Gasteiger partial charge in [-0.2, -0.15) is 0 Å². The summed E-state index contributed by atoms with van der Waals surface area (Å²) in [6.07, 6.45) is 2.15. The van der Waals surface area contributed by atoms with E-state index in [0.717, 1.165) is 23.9 Å². The number of carbonyl (C=O) groups excluding carboxylic acids is 1. The fraction of sp³-hybridized carbons (Fsp3) is 0.500. The highest BCUT2D eigenvalue weighted by Crippen LogP contribution is 2.27. The van der Waals surface area contributed by atoms with Crippen LogP contribution in [0.1, 0.15) is 30.1 Å². The number of hydrogen-bond donors (Lipinski definition) is 1. The Morgan fingerprint density at radius 2 is 2.25 bits per heavy atom. The molecule has 0 radical (unpaired) electrons. The highest BCUT2D eigenvalue weighted by atomic mass is 79.9. The molecule has 112 valence electrons. The van der Waals surface area contributed by atoms with Crippen LogP contribution in [0.4, 0.5) is 0 Å². The maximum atomic E-state index is 12.6. The van der Waals surface area contributed by atoms with Crippen LogP contribution in [0.25, 0.3) is 0 Å². The molecule has 1 aromatic rings. The third-order valence-electron chi connectivity index (χ3n) is 3.78. The third kappa shape index (κ3) is 3.67. The number of amides is 1. The fourth-order valence-electron chi connectivity index (χ4n) is 2.68. The second-order valence-corrected chi connectivity index (χ2v) is 6.37. The van der Waals surface area contributed by atoms with Crippen LogP contribution in [0.15, 0.2) is 22.7 Å². The van der Waals surface area contributed by atoms with E-state index < -0.39 is 0 Å². The molecular formula is C14H19BrCl2N2O. The summed E-state index contributed by atoms with van der Waals surface area (Å²) in [5.74, 6) is 0.427. The number of piperidine rings is 1. The summed E-state index contributed by atoms with van der Waals surface area (Å²) in [5.41, 5.74) is 6.38. The molecule has 0 saturated carbocycles. The Bertz CT molecular complexity index is 484. The van der Waals surface area contributed by atoms with Crippen LogP contribution in [0, 0.1) is 5.92 Å². The highest BCUT2D eigenvalue weighted by Gasteiger charge is 2.31. The van der Waals surface area contributed by atoms with Crippen molar-refractivity contribution in [2.45, 2.75) is 25.8 Å². The number of rotatable bonds is 2. The first-order valence-corrected chi connectivity index (χ1v) is 7.67. The van der Waals surface area contributed by atoms with Gasteiger partial charge in [-0.15, -0.1) is 12.4 Å². The number of nitrogens with zero attached hydrogens (tertiary/aromatic N) is 1. The van der Waals surface area contributed by atoms with Crippen molar-refractivity contribution >= 4 is 45.8 Å². The van der Waals surface area contributed by atoms with Crippen LogP contribution in [0.5, 0.6) is 0 Å². The lowest BCUT2D eigenvalue weighted by molar-refractivity contribution is 0.0533. The summed E-state index contributed by atoms with van der Waals surface area (Å²) >= 11 is 9.51. The Kier molecular flexibility index (Phi) is 6.79. The molecule has 1 aliphatic rings. The minimum atomic E-state index is -0.0144. The van der Waals surface area contributed by atoms with Gasteiger partial charge < -0.3 is 10.6 Å². The maximum Gasteiger partial charge on any atom is 0.255 e. The first-order valence-electron chi connectivity index (χ1n) is 6.50. The Labute approximate surface area is 139 Å². The molecule has 6 heteroatoms.